The third kappa shape index (κ3) is 3.40. The molecule has 132 valence electrons. The minimum absolute atomic E-state index is 0.657. The number of oxazole rings is 1. The zero-order valence-electron chi connectivity index (χ0n) is 14.6. The van der Waals surface area contributed by atoms with Gasteiger partial charge in [0.15, 0.2) is 6.39 Å². The summed E-state index contributed by atoms with van der Waals surface area (Å²) in [4.78, 5) is 9.57. The number of nitrogens with zero attached hydrogens (tertiary/aromatic N) is 4. The first-order valence-corrected chi connectivity index (χ1v) is 9.30. The van der Waals surface area contributed by atoms with Crippen molar-refractivity contribution in [1.29, 1.82) is 0 Å². The highest BCUT2D eigenvalue weighted by atomic mass is 32.1. The highest BCUT2D eigenvalue weighted by Gasteiger charge is 2.26. The lowest BCUT2D eigenvalue weighted by atomic mass is 10.0. The van der Waals surface area contributed by atoms with E-state index in [-0.39, 0.29) is 0 Å². The van der Waals surface area contributed by atoms with Crippen LogP contribution in [0.3, 0.4) is 0 Å². The van der Waals surface area contributed by atoms with Gasteiger partial charge >= 0.3 is 0 Å². The lowest BCUT2D eigenvalue weighted by Gasteiger charge is -2.27. The second-order valence-electron chi connectivity index (χ2n) is 6.34. The van der Waals surface area contributed by atoms with Crippen LogP contribution in [0.15, 0.2) is 29.2 Å². The third-order valence-corrected chi connectivity index (χ3v) is 5.56. The van der Waals surface area contributed by atoms with Gasteiger partial charge < -0.3 is 9.15 Å². The fourth-order valence-electron chi connectivity index (χ4n) is 3.37. The van der Waals surface area contributed by atoms with Gasteiger partial charge in [-0.25, -0.2) is 4.98 Å². The second kappa shape index (κ2) is 7.11. The van der Waals surface area contributed by atoms with Crippen LogP contribution >= 0.6 is 11.3 Å². The van der Waals surface area contributed by atoms with E-state index >= 15 is 0 Å². The first kappa shape index (κ1) is 16.5. The molecule has 0 amide bonds. The summed E-state index contributed by atoms with van der Waals surface area (Å²) in [5.74, 6) is 0. The second-order valence-corrected chi connectivity index (χ2v) is 7.71. The molecular weight excluding hydrogens is 336 g/mol. The van der Waals surface area contributed by atoms with E-state index in [1.807, 2.05) is 11.3 Å². The van der Waals surface area contributed by atoms with Crippen LogP contribution in [0, 0.1) is 6.92 Å². The number of fused-ring (bicyclic) bond motifs is 1. The van der Waals surface area contributed by atoms with Crippen LogP contribution in [-0.4, -0.2) is 39.9 Å². The van der Waals surface area contributed by atoms with Crippen molar-refractivity contribution in [2.24, 2.45) is 0 Å². The zero-order chi connectivity index (χ0) is 17.2. The summed E-state index contributed by atoms with van der Waals surface area (Å²) in [6.07, 6.45) is 4.13. The molecule has 0 spiro atoms. The average Bonchev–Trinajstić information content (AvgIpc) is 3.33. The molecule has 0 aliphatic carbocycles. The molecule has 0 aromatic carbocycles. The standard InChI is InChI=1S/C18H22N4O2S/c1-13-3-4-14(25-13)9-21-6-5-17-15(10-21)18(16-11-24-12-19-16)20-22(17)7-8-23-2/h3-4,11-12H,5-10H2,1-2H3. The summed E-state index contributed by atoms with van der Waals surface area (Å²) in [5, 5.41) is 4.81. The molecular formula is C18H22N4O2S. The van der Waals surface area contributed by atoms with Gasteiger partial charge in [-0.15, -0.1) is 11.3 Å². The van der Waals surface area contributed by atoms with Gasteiger partial charge in [-0.05, 0) is 19.1 Å². The van der Waals surface area contributed by atoms with Crippen LogP contribution in [0.25, 0.3) is 11.4 Å². The number of aromatic nitrogens is 3. The number of methoxy groups -OCH3 is 1. The lowest BCUT2D eigenvalue weighted by Crippen LogP contribution is -2.30. The minimum Gasteiger partial charge on any atom is -0.451 e. The van der Waals surface area contributed by atoms with E-state index < -0.39 is 0 Å². The molecule has 0 atom stereocenters. The predicted molar refractivity (Wildman–Crippen MR) is 96.5 cm³/mol. The molecule has 7 heteroatoms. The Labute approximate surface area is 151 Å². The molecule has 0 N–H and O–H groups in total. The van der Waals surface area contributed by atoms with Gasteiger partial charge in [0.2, 0.25) is 0 Å². The van der Waals surface area contributed by atoms with Gasteiger partial charge in [-0.3, -0.25) is 9.58 Å². The summed E-state index contributed by atoms with van der Waals surface area (Å²) >= 11 is 1.87. The topological polar surface area (TPSA) is 56.3 Å². The number of aryl methyl sites for hydroxylation is 1. The monoisotopic (exact) mass is 358 g/mol. The predicted octanol–water partition coefficient (Wildman–Crippen LogP) is 3.11. The number of hydrogen-bond donors (Lipinski definition) is 0. The number of thiophene rings is 1. The van der Waals surface area contributed by atoms with Gasteiger partial charge in [0.05, 0.1) is 13.2 Å². The summed E-state index contributed by atoms with van der Waals surface area (Å²) in [6.45, 7) is 6.50. The fourth-order valence-corrected chi connectivity index (χ4v) is 4.30. The Morgan fingerprint density at radius 3 is 3.00 bits per heavy atom. The smallest absolute Gasteiger partial charge is 0.181 e. The molecule has 0 bridgehead atoms. The summed E-state index contributed by atoms with van der Waals surface area (Å²) in [5.41, 5.74) is 4.31. The third-order valence-electron chi connectivity index (χ3n) is 4.57. The maximum Gasteiger partial charge on any atom is 0.181 e. The van der Waals surface area contributed by atoms with E-state index in [0.29, 0.717) is 6.61 Å². The van der Waals surface area contributed by atoms with E-state index in [4.69, 9.17) is 14.3 Å². The van der Waals surface area contributed by atoms with Crippen molar-refractivity contribution in [3.63, 3.8) is 0 Å². The Bertz CT molecular complexity index is 838. The SMILES string of the molecule is COCCn1nc(-c2cocn2)c2c1CCN(Cc1ccc(C)s1)C2. The lowest BCUT2D eigenvalue weighted by molar-refractivity contribution is 0.180. The average molecular weight is 358 g/mol. The largest absolute Gasteiger partial charge is 0.451 e. The van der Waals surface area contributed by atoms with Crippen LogP contribution in [0.4, 0.5) is 0 Å². The Kier molecular flexibility index (Phi) is 4.70. The molecule has 0 fully saturated rings. The molecule has 3 aromatic heterocycles. The number of rotatable bonds is 6. The van der Waals surface area contributed by atoms with Crippen LogP contribution in [0.5, 0.6) is 0 Å². The first-order chi connectivity index (χ1) is 12.2. The van der Waals surface area contributed by atoms with Crippen LogP contribution in [0.2, 0.25) is 0 Å². The molecule has 3 aromatic rings. The molecule has 1 aliphatic rings. The zero-order valence-corrected chi connectivity index (χ0v) is 15.4. The highest BCUT2D eigenvalue weighted by molar-refractivity contribution is 7.11. The maximum absolute atomic E-state index is 5.24. The quantitative estimate of drug-likeness (QED) is 0.678. The fraction of sp³-hybridized carbons (Fsp3) is 0.444. The molecule has 0 unspecified atom stereocenters. The van der Waals surface area contributed by atoms with Crippen molar-refractivity contribution < 1.29 is 9.15 Å². The highest BCUT2D eigenvalue weighted by Crippen LogP contribution is 2.30. The van der Waals surface area contributed by atoms with E-state index in [2.05, 4.69) is 33.6 Å². The Morgan fingerprint density at radius 1 is 1.36 bits per heavy atom. The van der Waals surface area contributed by atoms with Crippen molar-refractivity contribution in [3.8, 4) is 11.4 Å². The molecule has 1 aliphatic heterocycles. The summed E-state index contributed by atoms with van der Waals surface area (Å²) in [6, 6.07) is 4.43. The van der Waals surface area contributed by atoms with Crippen LogP contribution < -0.4 is 0 Å². The van der Waals surface area contributed by atoms with Gasteiger partial charge in [0.1, 0.15) is 17.7 Å². The van der Waals surface area contributed by atoms with Crippen molar-refractivity contribution in [1.82, 2.24) is 19.7 Å². The molecule has 0 saturated heterocycles. The molecule has 6 nitrogen and oxygen atoms in total. The van der Waals surface area contributed by atoms with Crippen molar-refractivity contribution in [3.05, 3.63) is 45.8 Å². The first-order valence-electron chi connectivity index (χ1n) is 8.48. The van der Waals surface area contributed by atoms with Gasteiger partial charge in [0, 0.05) is 54.2 Å². The van der Waals surface area contributed by atoms with Crippen molar-refractivity contribution >= 4 is 11.3 Å². The van der Waals surface area contributed by atoms with Gasteiger partial charge in [0.25, 0.3) is 0 Å². The van der Waals surface area contributed by atoms with Crippen molar-refractivity contribution in [2.75, 3.05) is 20.3 Å². The van der Waals surface area contributed by atoms with E-state index in [0.717, 1.165) is 44.0 Å². The van der Waals surface area contributed by atoms with E-state index in [9.17, 15) is 0 Å². The minimum atomic E-state index is 0.657. The molecule has 4 heterocycles. The Hall–Kier alpha value is -1.96. The Balaban J connectivity index is 1.61. The molecule has 25 heavy (non-hydrogen) atoms. The summed E-state index contributed by atoms with van der Waals surface area (Å²) < 4.78 is 12.5. The summed E-state index contributed by atoms with van der Waals surface area (Å²) in [7, 11) is 1.72. The number of ether oxygens (including phenoxy) is 1. The number of hydrogen-bond acceptors (Lipinski definition) is 6. The van der Waals surface area contributed by atoms with E-state index in [1.165, 1.54) is 27.4 Å². The Morgan fingerprint density at radius 2 is 2.28 bits per heavy atom. The van der Waals surface area contributed by atoms with Gasteiger partial charge in [-0.1, -0.05) is 0 Å². The van der Waals surface area contributed by atoms with Crippen molar-refractivity contribution in [2.45, 2.75) is 33.0 Å². The van der Waals surface area contributed by atoms with Crippen LogP contribution in [-0.2, 0) is 30.8 Å². The normalized spacial score (nSPS) is 14.8. The van der Waals surface area contributed by atoms with Gasteiger partial charge in [-0.2, -0.15) is 5.10 Å². The molecule has 0 saturated carbocycles. The molecule has 0 radical (unpaired) electrons. The van der Waals surface area contributed by atoms with Crippen LogP contribution in [0.1, 0.15) is 21.0 Å². The maximum atomic E-state index is 5.24. The molecule has 4 rings (SSSR count). The van der Waals surface area contributed by atoms with E-state index in [1.54, 1.807) is 13.4 Å².